The van der Waals surface area contributed by atoms with Gasteiger partial charge in [0.2, 0.25) is 0 Å². The molecule has 0 aromatic rings. The lowest BCUT2D eigenvalue weighted by Crippen LogP contribution is -2.66. The van der Waals surface area contributed by atoms with Crippen LogP contribution in [0.2, 0.25) is 0 Å². The van der Waals surface area contributed by atoms with Gasteiger partial charge in [0.05, 0.1) is 37.6 Å². The van der Waals surface area contributed by atoms with Gasteiger partial charge in [-0.2, -0.15) is 0 Å². The summed E-state index contributed by atoms with van der Waals surface area (Å²) in [5.41, 5.74) is 1.53. The second kappa shape index (κ2) is 16.8. The summed E-state index contributed by atoms with van der Waals surface area (Å²) in [5, 5.41) is 85.9. The van der Waals surface area contributed by atoms with Crippen molar-refractivity contribution in [2.24, 2.45) is 46.3 Å². The minimum atomic E-state index is -1.71. The molecule has 0 aromatic carbocycles. The van der Waals surface area contributed by atoms with Crippen LogP contribution in [0.5, 0.6) is 0 Å². The molecule has 0 bridgehead atoms. The molecule has 26 atom stereocenters. The molecule has 9 rings (SSSR count). The Morgan fingerprint density at radius 1 is 0.689 bits per heavy atom. The fraction of sp³-hybridized carbons (Fsp3) is 0.956. The van der Waals surface area contributed by atoms with Gasteiger partial charge in [-0.3, -0.25) is 0 Å². The van der Waals surface area contributed by atoms with E-state index in [-0.39, 0.29) is 23.0 Å². The number of aliphatic hydroxyl groups excluding tert-OH is 8. The number of hydrogen-bond donors (Lipinski definition) is 8. The second-order valence-corrected chi connectivity index (χ2v) is 21.1. The first-order valence-electron chi connectivity index (χ1n) is 23.2. The number of hydrogen-bond acceptors (Lipinski definition) is 16. The van der Waals surface area contributed by atoms with Crippen molar-refractivity contribution >= 4 is 0 Å². The number of allylic oxidation sites excluding steroid dienone is 1. The van der Waals surface area contributed by atoms with Gasteiger partial charge in [-0.1, -0.05) is 39.3 Å². The maximum atomic E-state index is 12.0. The molecule has 16 heteroatoms. The molecule has 61 heavy (non-hydrogen) atoms. The zero-order valence-corrected chi connectivity index (χ0v) is 36.5. The fourth-order valence-electron chi connectivity index (χ4n) is 14.0. The van der Waals surface area contributed by atoms with Crippen LogP contribution in [0, 0.1) is 46.3 Å². The highest BCUT2D eigenvalue weighted by atomic mass is 16.8. The molecule has 3 saturated carbocycles. The predicted molar refractivity (Wildman–Crippen MR) is 213 cm³/mol. The largest absolute Gasteiger partial charge is 0.394 e. The van der Waals surface area contributed by atoms with Gasteiger partial charge in [0, 0.05) is 12.3 Å². The van der Waals surface area contributed by atoms with Gasteiger partial charge >= 0.3 is 0 Å². The molecular formula is C45H72O16. The maximum absolute atomic E-state index is 12.0. The zero-order chi connectivity index (χ0) is 43.5. The first-order valence-corrected chi connectivity index (χ1v) is 23.2. The third kappa shape index (κ3) is 7.42. The Labute approximate surface area is 358 Å². The van der Waals surface area contributed by atoms with Gasteiger partial charge in [-0.05, 0) is 106 Å². The highest BCUT2D eigenvalue weighted by molar-refractivity contribution is 5.26. The Balaban J connectivity index is 0.916. The van der Waals surface area contributed by atoms with E-state index in [1.165, 1.54) is 25.8 Å². The van der Waals surface area contributed by atoms with Crippen LogP contribution in [0.4, 0.5) is 0 Å². The van der Waals surface area contributed by atoms with Crippen molar-refractivity contribution in [3.63, 3.8) is 0 Å². The van der Waals surface area contributed by atoms with Crippen molar-refractivity contribution in [1.82, 2.24) is 0 Å². The van der Waals surface area contributed by atoms with Crippen LogP contribution >= 0.6 is 0 Å². The molecule has 0 aromatic heterocycles. The summed E-state index contributed by atoms with van der Waals surface area (Å²) >= 11 is 0. The summed E-state index contributed by atoms with van der Waals surface area (Å²) in [4.78, 5) is 0. The van der Waals surface area contributed by atoms with Crippen molar-refractivity contribution in [1.29, 1.82) is 0 Å². The SMILES string of the molecule is CC1CC[C@@]2(OC1)O[C@@H]1C[C@@H]3[C@@H]4CC=C5CC(O[C@@H]6OC(CO)C(O[C@@H]7OC(C)C(O)C(O)C7O)C(O)C6O[C@@H]6OC(C)C(O)C(O)C6O)CC[C@]5(C)[C@@H]4CC[C@]3(C)[C@H]1C2C. The smallest absolute Gasteiger partial charge is 0.187 e. The summed E-state index contributed by atoms with van der Waals surface area (Å²) in [6.07, 6.45) is -10.4. The summed E-state index contributed by atoms with van der Waals surface area (Å²) in [6, 6.07) is 0. The Morgan fingerprint density at radius 3 is 1.97 bits per heavy atom. The van der Waals surface area contributed by atoms with E-state index in [4.69, 9.17) is 37.9 Å². The van der Waals surface area contributed by atoms with E-state index in [2.05, 4.69) is 33.8 Å². The van der Waals surface area contributed by atoms with Gasteiger partial charge < -0.3 is 78.7 Å². The number of ether oxygens (including phenoxy) is 8. The van der Waals surface area contributed by atoms with Crippen LogP contribution in [0.1, 0.15) is 99.3 Å². The first kappa shape index (κ1) is 45.3. The molecule has 5 aliphatic heterocycles. The normalized spacial score (nSPS) is 58.4. The molecule has 5 saturated heterocycles. The summed E-state index contributed by atoms with van der Waals surface area (Å²) in [5.74, 6) is 2.64. The number of rotatable bonds is 7. The van der Waals surface area contributed by atoms with Gasteiger partial charge in [0.25, 0.3) is 0 Å². The fourth-order valence-corrected chi connectivity index (χ4v) is 14.0. The van der Waals surface area contributed by atoms with Crippen LogP contribution in [0.15, 0.2) is 11.6 Å². The Hall–Kier alpha value is -0.900. The summed E-state index contributed by atoms with van der Waals surface area (Å²) in [6.45, 7) is 12.7. The average molecular weight is 869 g/mol. The number of fused-ring (bicyclic) bond motifs is 7. The van der Waals surface area contributed by atoms with Crippen molar-refractivity contribution in [2.75, 3.05) is 13.2 Å². The van der Waals surface area contributed by atoms with E-state index in [1.54, 1.807) is 0 Å². The molecule has 4 aliphatic carbocycles. The van der Waals surface area contributed by atoms with Crippen molar-refractivity contribution in [2.45, 2.75) is 209 Å². The van der Waals surface area contributed by atoms with Crippen LogP contribution in [0.25, 0.3) is 0 Å². The van der Waals surface area contributed by atoms with E-state index in [0.717, 1.165) is 45.1 Å². The average Bonchev–Trinajstić information content (AvgIpc) is 3.69. The molecule has 9 aliphatic rings. The van der Waals surface area contributed by atoms with Gasteiger partial charge in [-0.15, -0.1) is 0 Å². The minimum Gasteiger partial charge on any atom is -0.394 e. The van der Waals surface area contributed by atoms with Crippen molar-refractivity contribution in [3.05, 3.63) is 11.6 Å². The lowest BCUT2D eigenvalue weighted by molar-refractivity contribution is -0.388. The van der Waals surface area contributed by atoms with Crippen LogP contribution in [-0.4, -0.2) is 164 Å². The summed E-state index contributed by atoms with van der Waals surface area (Å²) < 4.78 is 50.1. The lowest BCUT2D eigenvalue weighted by atomic mass is 9.47. The van der Waals surface area contributed by atoms with Crippen molar-refractivity contribution < 1.29 is 78.7 Å². The second-order valence-electron chi connectivity index (χ2n) is 21.1. The van der Waals surface area contributed by atoms with Gasteiger partial charge in [0.15, 0.2) is 24.7 Å². The predicted octanol–water partition coefficient (Wildman–Crippen LogP) is 1.24. The third-order valence-corrected chi connectivity index (χ3v) is 17.6. The van der Waals surface area contributed by atoms with Gasteiger partial charge in [0.1, 0.15) is 61.0 Å². The molecule has 348 valence electrons. The standard InChI is InChI=1S/C45H72O16/c1-19-9-14-45(54-18-19)20(2)30-28(61-45)16-27-25-8-7-23-15-24(10-12-43(23,5)26(25)11-13-44(27,30)6)57-42-39(60-41-36(52)34(50)32(48)22(4)56-41)37(53)38(29(17-46)58-42)59-40-35(51)33(49)31(47)21(3)55-40/h7,19-22,24-42,46-53H,8-18H2,1-6H3/t19?,20?,21?,22?,24?,25-,26-,27-,28-,29?,30+,31?,32?,33?,34?,35?,36?,37?,38?,39?,40+,41+,42-,43+,44+,45-/m1/s1. The molecule has 16 nitrogen and oxygen atoms in total. The topological polar surface area (TPSA) is 236 Å². The van der Waals surface area contributed by atoms with E-state index < -0.39 is 105 Å². The molecule has 8 N–H and O–H groups in total. The van der Waals surface area contributed by atoms with E-state index in [0.29, 0.717) is 48.3 Å². The maximum Gasteiger partial charge on any atom is 0.187 e. The minimum absolute atomic E-state index is 0.0171. The summed E-state index contributed by atoms with van der Waals surface area (Å²) in [7, 11) is 0. The monoisotopic (exact) mass is 868 g/mol. The molecule has 0 amide bonds. The Kier molecular flexibility index (Phi) is 12.4. The third-order valence-electron chi connectivity index (χ3n) is 17.6. The zero-order valence-electron chi connectivity index (χ0n) is 36.5. The quantitative estimate of drug-likeness (QED) is 0.168. The molecule has 15 unspecified atom stereocenters. The Morgan fingerprint density at radius 2 is 1.34 bits per heavy atom. The van der Waals surface area contributed by atoms with Crippen LogP contribution in [-0.2, 0) is 37.9 Å². The Bertz CT molecular complexity index is 1590. The number of aliphatic hydroxyl groups is 8. The highest BCUT2D eigenvalue weighted by Crippen LogP contribution is 2.70. The molecular weight excluding hydrogens is 796 g/mol. The molecule has 8 fully saturated rings. The van der Waals surface area contributed by atoms with Crippen LogP contribution in [0.3, 0.4) is 0 Å². The highest BCUT2D eigenvalue weighted by Gasteiger charge is 2.69. The molecule has 1 spiro atoms. The van der Waals surface area contributed by atoms with Crippen LogP contribution < -0.4 is 0 Å². The van der Waals surface area contributed by atoms with Crippen molar-refractivity contribution in [3.8, 4) is 0 Å². The van der Waals surface area contributed by atoms with E-state index >= 15 is 0 Å². The van der Waals surface area contributed by atoms with E-state index in [1.807, 2.05) is 0 Å². The molecule has 5 heterocycles. The first-order chi connectivity index (χ1) is 28.9. The lowest BCUT2D eigenvalue weighted by Gasteiger charge is -2.58. The molecule has 0 radical (unpaired) electrons. The van der Waals surface area contributed by atoms with E-state index in [9.17, 15) is 40.9 Å². The van der Waals surface area contributed by atoms with Gasteiger partial charge in [-0.25, -0.2) is 0 Å².